The van der Waals surface area contributed by atoms with Gasteiger partial charge in [0.1, 0.15) is 5.56 Å². The topological polar surface area (TPSA) is 84.3 Å². The van der Waals surface area contributed by atoms with Gasteiger partial charge in [-0.05, 0) is 12.5 Å². The molecule has 1 aromatic heterocycles. The molecule has 0 unspecified atom stereocenters. The average Bonchev–Trinajstić information content (AvgIpc) is 2.34. The number of nitrogens with one attached hydrogen (secondary N) is 1. The summed E-state index contributed by atoms with van der Waals surface area (Å²) in [4.78, 5) is 10.8. The first-order chi connectivity index (χ1) is 8.25. The van der Waals surface area contributed by atoms with Crippen LogP contribution in [0.1, 0.15) is 16.8 Å². The molecule has 0 aliphatic carbocycles. The van der Waals surface area contributed by atoms with Crippen LogP contribution in [0.15, 0.2) is 24.9 Å². The summed E-state index contributed by atoms with van der Waals surface area (Å²) in [6, 6.07) is 1.40. The summed E-state index contributed by atoms with van der Waals surface area (Å²) >= 11 is 0. The van der Waals surface area contributed by atoms with Crippen molar-refractivity contribution in [2.24, 2.45) is 0 Å². The lowest BCUT2D eigenvalue weighted by molar-refractivity contribution is 0.0697. The van der Waals surface area contributed by atoms with Crippen molar-refractivity contribution in [1.29, 1.82) is 0 Å². The third-order valence-electron chi connectivity index (χ3n) is 1.96. The maximum atomic E-state index is 10.8. The number of aromatic carboxylic acids is 1. The van der Waals surface area contributed by atoms with Gasteiger partial charge >= 0.3 is 5.97 Å². The zero-order chi connectivity index (χ0) is 12.5. The fourth-order valence-electron chi connectivity index (χ4n) is 1.15. The van der Waals surface area contributed by atoms with Crippen LogP contribution in [0.5, 0.6) is 0 Å². The van der Waals surface area contributed by atoms with Gasteiger partial charge in [-0.25, -0.2) is 4.79 Å². The average molecular weight is 237 g/mol. The van der Waals surface area contributed by atoms with Crippen molar-refractivity contribution >= 4 is 11.8 Å². The zero-order valence-electron chi connectivity index (χ0n) is 9.43. The first-order valence-electron chi connectivity index (χ1n) is 5.23. The second-order valence-corrected chi connectivity index (χ2v) is 3.22. The Kier molecular flexibility index (Phi) is 5.67. The number of ether oxygens (including phenoxy) is 1. The van der Waals surface area contributed by atoms with Crippen LogP contribution < -0.4 is 5.32 Å². The number of aromatic nitrogens is 2. The maximum absolute atomic E-state index is 10.8. The quantitative estimate of drug-likeness (QED) is 0.521. The van der Waals surface area contributed by atoms with E-state index in [2.05, 4.69) is 22.1 Å². The number of hydrogen-bond donors (Lipinski definition) is 2. The monoisotopic (exact) mass is 237 g/mol. The minimum Gasteiger partial charge on any atom is -0.478 e. The molecule has 0 radical (unpaired) electrons. The molecule has 17 heavy (non-hydrogen) atoms. The molecule has 6 heteroatoms. The van der Waals surface area contributed by atoms with Crippen molar-refractivity contribution in [3.8, 4) is 0 Å². The molecule has 0 fully saturated rings. The molecule has 2 N–H and O–H groups in total. The Morgan fingerprint density at radius 3 is 3.12 bits per heavy atom. The van der Waals surface area contributed by atoms with E-state index in [9.17, 15) is 4.79 Å². The fourth-order valence-corrected chi connectivity index (χ4v) is 1.15. The Bertz CT molecular complexity index is 382. The van der Waals surface area contributed by atoms with E-state index < -0.39 is 5.97 Å². The molecule has 0 aliphatic heterocycles. The second-order valence-electron chi connectivity index (χ2n) is 3.22. The molecular formula is C11H15N3O3. The minimum absolute atomic E-state index is 0.103. The van der Waals surface area contributed by atoms with E-state index in [0.29, 0.717) is 19.8 Å². The van der Waals surface area contributed by atoms with Crippen molar-refractivity contribution < 1.29 is 14.6 Å². The van der Waals surface area contributed by atoms with E-state index in [-0.39, 0.29) is 11.4 Å². The zero-order valence-corrected chi connectivity index (χ0v) is 9.43. The van der Waals surface area contributed by atoms with Crippen LogP contribution in [0.25, 0.3) is 0 Å². The molecule has 0 saturated carbocycles. The summed E-state index contributed by atoms with van der Waals surface area (Å²) < 4.78 is 5.27. The Balaban J connectivity index is 2.36. The molecule has 1 heterocycles. The highest BCUT2D eigenvalue weighted by atomic mass is 16.5. The van der Waals surface area contributed by atoms with Crippen molar-refractivity contribution in [3.05, 3.63) is 30.5 Å². The second kappa shape index (κ2) is 7.34. The van der Waals surface area contributed by atoms with Gasteiger partial charge in [-0.2, -0.15) is 5.10 Å². The smallest absolute Gasteiger partial charge is 0.339 e. The Labute approximate surface area is 99.3 Å². The molecule has 0 aromatic carbocycles. The minimum atomic E-state index is -1.03. The number of carbonyl (C=O) groups is 1. The van der Waals surface area contributed by atoms with Gasteiger partial charge < -0.3 is 15.2 Å². The molecule has 0 bridgehead atoms. The number of anilines is 1. The first-order valence-corrected chi connectivity index (χ1v) is 5.23. The van der Waals surface area contributed by atoms with Gasteiger partial charge in [-0.3, -0.25) is 0 Å². The normalized spacial score (nSPS) is 9.88. The van der Waals surface area contributed by atoms with Gasteiger partial charge in [0.05, 0.1) is 19.4 Å². The number of hydrogen-bond acceptors (Lipinski definition) is 5. The predicted octanol–water partition coefficient (Wildman–Crippen LogP) is 1.18. The van der Waals surface area contributed by atoms with Crippen molar-refractivity contribution in [1.82, 2.24) is 10.2 Å². The van der Waals surface area contributed by atoms with Gasteiger partial charge in [0.15, 0.2) is 5.82 Å². The lowest BCUT2D eigenvalue weighted by atomic mass is 10.3. The molecule has 1 aromatic rings. The molecule has 6 nitrogen and oxygen atoms in total. The highest BCUT2D eigenvalue weighted by Gasteiger charge is 2.10. The summed E-state index contributed by atoms with van der Waals surface area (Å²) in [5.74, 6) is -0.776. The van der Waals surface area contributed by atoms with Crippen LogP contribution in [-0.2, 0) is 4.74 Å². The van der Waals surface area contributed by atoms with E-state index in [1.807, 2.05) is 0 Å². The molecular weight excluding hydrogens is 222 g/mol. The third-order valence-corrected chi connectivity index (χ3v) is 1.96. The molecule has 0 amide bonds. The molecule has 0 aliphatic rings. The van der Waals surface area contributed by atoms with Gasteiger partial charge in [-0.1, -0.05) is 6.08 Å². The predicted molar refractivity (Wildman–Crippen MR) is 63.1 cm³/mol. The van der Waals surface area contributed by atoms with Crippen molar-refractivity contribution in [2.45, 2.75) is 6.42 Å². The largest absolute Gasteiger partial charge is 0.478 e. The molecule has 1 rings (SSSR count). The van der Waals surface area contributed by atoms with Crippen molar-refractivity contribution in [2.75, 3.05) is 25.1 Å². The van der Waals surface area contributed by atoms with Gasteiger partial charge in [0, 0.05) is 6.54 Å². The van der Waals surface area contributed by atoms with Gasteiger partial charge in [0.25, 0.3) is 0 Å². The summed E-state index contributed by atoms with van der Waals surface area (Å²) in [5.41, 5.74) is 0.103. The number of carboxylic acids is 1. The lowest BCUT2D eigenvalue weighted by Gasteiger charge is -2.07. The highest BCUT2D eigenvalue weighted by Crippen LogP contribution is 2.09. The Hall–Kier alpha value is -1.95. The molecule has 0 atom stereocenters. The molecule has 92 valence electrons. The lowest BCUT2D eigenvalue weighted by Crippen LogP contribution is -2.14. The van der Waals surface area contributed by atoms with Crippen LogP contribution in [0.4, 0.5) is 5.82 Å². The van der Waals surface area contributed by atoms with E-state index >= 15 is 0 Å². The van der Waals surface area contributed by atoms with Crippen LogP contribution in [-0.4, -0.2) is 41.0 Å². The highest BCUT2D eigenvalue weighted by molar-refractivity contribution is 5.92. The van der Waals surface area contributed by atoms with Crippen LogP contribution in [0, 0.1) is 0 Å². The van der Waals surface area contributed by atoms with E-state index in [1.54, 1.807) is 6.08 Å². The van der Waals surface area contributed by atoms with Gasteiger partial charge in [0.2, 0.25) is 0 Å². The van der Waals surface area contributed by atoms with E-state index in [0.717, 1.165) is 6.42 Å². The maximum Gasteiger partial charge on any atom is 0.339 e. The van der Waals surface area contributed by atoms with Crippen LogP contribution in [0.2, 0.25) is 0 Å². The SMILES string of the molecule is C=CCCOCCNc1nnccc1C(=O)O. The Morgan fingerprint density at radius 1 is 1.59 bits per heavy atom. The molecule has 0 spiro atoms. The summed E-state index contributed by atoms with van der Waals surface area (Å²) in [6.07, 6.45) is 3.92. The standard InChI is InChI=1S/C11H15N3O3/c1-2-3-7-17-8-6-12-10-9(11(15)16)4-5-13-14-10/h2,4-5H,1,3,6-8H2,(H,12,14)(H,15,16). The number of nitrogens with zero attached hydrogens (tertiary/aromatic N) is 2. The number of carboxylic acid groups (broad SMARTS) is 1. The third kappa shape index (κ3) is 4.60. The molecule has 0 saturated heterocycles. The van der Waals surface area contributed by atoms with Crippen LogP contribution >= 0.6 is 0 Å². The summed E-state index contributed by atoms with van der Waals surface area (Å²) in [7, 11) is 0. The fraction of sp³-hybridized carbons (Fsp3) is 0.364. The first kappa shape index (κ1) is 13.1. The Morgan fingerprint density at radius 2 is 2.41 bits per heavy atom. The van der Waals surface area contributed by atoms with Crippen LogP contribution in [0.3, 0.4) is 0 Å². The summed E-state index contributed by atoms with van der Waals surface area (Å²) in [5, 5.41) is 19.1. The summed E-state index contributed by atoms with van der Waals surface area (Å²) in [6.45, 7) is 5.14. The van der Waals surface area contributed by atoms with Crippen molar-refractivity contribution in [3.63, 3.8) is 0 Å². The van der Waals surface area contributed by atoms with E-state index in [4.69, 9.17) is 9.84 Å². The number of rotatable bonds is 8. The van der Waals surface area contributed by atoms with Gasteiger partial charge in [-0.15, -0.1) is 11.7 Å². The van der Waals surface area contributed by atoms with E-state index in [1.165, 1.54) is 12.3 Å².